The van der Waals surface area contributed by atoms with Gasteiger partial charge in [0.25, 0.3) is 0 Å². The molecule has 0 saturated heterocycles. The van der Waals surface area contributed by atoms with Crippen LogP contribution in [0, 0.1) is 13.8 Å². The first-order chi connectivity index (χ1) is 14.7. The molecule has 3 amide bonds. The number of aryl methyl sites for hydroxylation is 3. The highest BCUT2D eigenvalue weighted by atomic mass is 16.2. The average Bonchev–Trinajstić information content (AvgIpc) is 2.74. The maximum absolute atomic E-state index is 12.5. The zero-order valence-electron chi connectivity index (χ0n) is 18.9. The summed E-state index contributed by atoms with van der Waals surface area (Å²) in [6.07, 6.45) is 0.815. The number of hydrogen-bond donors (Lipinski definition) is 3. The van der Waals surface area contributed by atoms with Crippen molar-refractivity contribution >= 4 is 29.1 Å². The quantitative estimate of drug-likeness (QED) is 0.577. The van der Waals surface area contributed by atoms with Crippen LogP contribution < -0.4 is 16.0 Å². The van der Waals surface area contributed by atoms with Gasteiger partial charge in [0, 0.05) is 11.4 Å². The van der Waals surface area contributed by atoms with Gasteiger partial charge in [-0.2, -0.15) is 0 Å². The van der Waals surface area contributed by atoms with E-state index in [2.05, 4.69) is 16.0 Å². The van der Waals surface area contributed by atoms with Gasteiger partial charge in [-0.1, -0.05) is 43.3 Å². The van der Waals surface area contributed by atoms with Crippen molar-refractivity contribution in [2.24, 2.45) is 0 Å². The molecular weight excluding hydrogens is 392 g/mol. The van der Waals surface area contributed by atoms with Crippen LogP contribution >= 0.6 is 0 Å². The number of nitrogens with zero attached hydrogens (tertiary/aromatic N) is 1. The molecule has 0 bridgehead atoms. The highest BCUT2D eigenvalue weighted by Crippen LogP contribution is 2.19. The topological polar surface area (TPSA) is 90.5 Å². The smallest absolute Gasteiger partial charge is 0.243 e. The van der Waals surface area contributed by atoms with Gasteiger partial charge in [-0.3, -0.25) is 19.3 Å². The Morgan fingerprint density at radius 3 is 2.23 bits per heavy atom. The molecule has 7 heteroatoms. The predicted molar refractivity (Wildman–Crippen MR) is 124 cm³/mol. The lowest BCUT2D eigenvalue weighted by atomic mass is 10.1. The van der Waals surface area contributed by atoms with E-state index in [9.17, 15) is 14.4 Å². The second-order valence-electron chi connectivity index (χ2n) is 7.68. The Morgan fingerprint density at radius 1 is 0.935 bits per heavy atom. The summed E-state index contributed by atoms with van der Waals surface area (Å²) in [7, 11) is 1.70. The van der Waals surface area contributed by atoms with E-state index in [-0.39, 0.29) is 30.8 Å². The molecule has 0 unspecified atom stereocenters. The zero-order chi connectivity index (χ0) is 23.0. The molecule has 166 valence electrons. The summed E-state index contributed by atoms with van der Waals surface area (Å²) in [5.74, 6) is -0.814. The fourth-order valence-corrected chi connectivity index (χ4v) is 3.21. The molecule has 2 rings (SSSR count). The molecule has 3 N–H and O–H groups in total. The summed E-state index contributed by atoms with van der Waals surface area (Å²) in [5, 5.41) is 8.38. The van der Waals surface area contributed by atoms with Crippen LogP contribution in [0.5, 0.6) is 0 Å². The third-order valence-corrected chi connectivity index (χ3v) is 5.27. The molecule has 0 saturated carbocycles. The first-order valence-electron chi connectivity index (χ1n) is 10.4. The number of benzene rings is 2. The average molecular weight is 425 g/mol. The van der Waals surface area contributed by atoms with Crippen LogP contribution in [-0.4, -0.2) is 48.8 Å². The van der Waals surface area contributed by atoms with Crippen molar-refractivity contribution in [1.29, 1.82) is 0 Å². The largest absolute Gasteiger partial charge is 0.346 e. The Bertz CT molecular complexity index is 922. The van der Waals surface area contributed by atoms with Crippen LogP contribution in [0.4, 0.5) is 11.4 Å². The van der Waals surface area contributed by atoms with Gasteiger partial charge in [0.2, 0.25) is 17.7 Å². The number of likely N-dealkylation sites (N-methyl/N-ethyl adjacent to an activating group) is 1. The van der Waals surface area contributed by atoms with E-state index in [1.165, 1.54) is 0 Å². The summed E-state index contributed by atoms with van der Waals surface area (Å²) in [6, 6.07) is 12.8. The molecule has 0 aliphatic carbocycles. The number of amides is 3. The number of anilines is 2. The SMILES string of the molecule is CCc1ccccc1NC(=O)CN(C)[C@@H](C)C(=O)NCC(=O)Nc1c(C)cccc1C. The summed E-state index contributed by atoms with van der Waals surface area (Å²) < 4.78 is 0. The summed E-state index contributed by atoms with van der Waals surface area (Å²) in [5.41, 5.74) is 4.52. The lowest BCUT2D eigenvalue weighted by Crippen LogP contribution is -2.47. The normalized spacial score (nSPS) is 11.7. The number of nitrogens with one attached hydrogen (secondary N) is 3. The molecule has 0 heterocycles. The lowest BCUT2D eigenvalue weighted by Gasteiger charge is -2.23. The van der Waals surface area contributed by atoms with E-state index in [0.717, 1.165) is 34.5 Å². The van der Waals surface area contributed by atoms with E-state index in [4.69, 9.17) is 0 Å². The number of rotatable bonds is 9. The molecule has 0 aliphatic rings. The van der Waals surface area contributed by atoms with Gasteiger partial charge in [-0.05, 0) is 57.0 Å². The van der Waals surface area contributed by atoms with Crippen LogP contribution in [0.25, 0.3) is 0 Å². The Labute approximate surface area is 184 Å². The Kier molecular flexibility index (Phi) is 8.75. The third kappa shape index (κ3) is 6.93. The van der Waals surface area contributed by atoms with Crippen LogP contribution in [-0.2, 0) is 20.8 Å². The van der Waals surface area contributed by atoms with Crippen LogP contribution in [0.3, 0.4) is 0 Å². The van der Waals surface area contributed by atoms with Crippen molar-refractivity contribution in [1.82, 2.24) is 10.2 Å². The first-order valence-corrected chi connectivity index (χ1v) is 10.4. The summed E-state index contributed by atoms with van der Waals surface area (Å²) >= 11 is 0. The molecule has 7 nitrogen and oxygen atoms in total. The van der Waals surface area contributed by atoms with Gasteiger partial charge in [-0.15, -0.1) is 0 Å². The van der Waals surface area contributed by atoms with Crippen molar-refractivity contribution in [2.75, 3.05) is 30.8 Å². The fraction of sp³-hybridized carbons (Fsp3) is 0.375. The van der Waals surface area contributed by atoms with Gasteiger partial charge >= 0.3 is 0 Å². The first kappa shape index (κ1) is 24.1. The molecule has 0 spiro atoms. The van der Waals surface area contributed by atoms with E-state index in [0.29, 0.717) is 0 Å². The van der Waals surface area contributed by atoms with Crippen molar-refractivity contribution in [3.63, 3.8) is 0 Å². The number of para-hydroxylation sites is 2. The van der Waals surface area contributed by atoms with Gasteiger partial charge in [-0.25, -0.2) is 0 Å². The molecule has 0 radical (unpaired) electrons. The molecule has 2 aromatic carbocycles. The van der Waals surface area contributed by atoms with Crippen LogP contribution in [0.2, 0.25) is 0 Å². The molecule has 0 fully saturated rings. The Morgan fingerprint density at radius 2 is 1.58 bits per heavy atom. The fourth-order valence-electron chi connectivity index (χ4n) is 3.21. The van der Waals surface area contributed by atoms with E-state index in [1.807, 2.05) is 63.2 Å². The van der Waals surface area contributed by atoms with Gasteiger partial charge in [0.1, 0.15) is 0 Å². The van der Waals surface area contributed by atoms with Gasteiger partial charge < -0.3 is 16.0 Å². The van der Waals surface area contributed by atoms with E-state index in [1.54, 1.807) is 18.9 Å². The minimum atomic E-state index is -0.569. The maximum Gasteiger partial charge on any atom is 0.243 e. The minimum Gasteiger partial charge on any atom is -0.346 e. The van der Waals surface area contributed by atoms with Crippen molar-refractivity contribution in [3.05, 3.63) is 59.2 Å². The predicted octanol–water partition coefficient (Wildman–Crippen LogP) is 2.88. The summed E-state index contributed by atoms with van der Waals surface area (Å²) in [6.45, 7) is 7.48. The van der Waals surface area contributed by atoms with Gasteiger partial charge in [0.15, 0.2) is 0 Å². The molecule has 0 aliphatic heterocycles. The highest BCUT2D eigenvalue weighted by molar-refractivity contribution is 5.97. The third-order valence-electron chi connectivity index (χ3n) is 5.27. The number of hydrogen-bond acceptors (Lipinski definition) is 4. The van der Waals surface area contributed by atoms with Crippen molar-refractivity contribution in [2.45, 2.75) is 40.2 Å². The molecule has 2 aromatic rings. The number of carbonyl (C=O) groups is 3. The van der Waals surface area contributed by atoms with Crippen molar-refractivity contribution < 1.29 is 14.4 Å². The Hall–Kier alpha value is -3.19. The monoisotopic (exact) mass is 424 g/mol. The molecule has 1 atom stereocenters. The van der Waals surface area contributed by atoms with Gasteiger partial charge in [0.05, 0.1) is 19.1 Å². The second-order valence-corrected chi connectivity index (χ2v) is 7.68. The van der Waals surface area contributed by atoms with Crippen molar-refractivity contribution in [3.8, 4) is 0 Å². The molecule has 0 aromatic heterocycles. The second kappa shape index (κ2) is 11.3. The van der Waals surface area contributed by atoms with E-state index < -0.39 is 6.04 Å². The Balaban J connectivity index is 1.83. The maximum atomic E-state index is 12.5. The molecular formula is C24H32N4O3. The highest BCUT2D eigenvalue weighted by Gasteiger charge is 2.21. The van der Waals surface area contributed by atoms with E-state index >= 15 is 0 Å². The molecule has 31 heavy (non-hydrogen) atoms. The van der Waals surface area contributed by atoms with Crippen LogP contribution in [0.15, 0.2) is 42.5 Å². The summed E-state index contributed by atoms with van der Waals surface area (Å²) in [4.78, 5) is 38.7. The number of carbonyl (C=O) groups excluding carboxylic acids is 3. The zero-order valence-corrected chi connectivity index (χ0v) is 18.9. The minimum absolute atomic E-state index is 0.0568. The van der Waals surface area contributed by atoms with Crippen LogP contribution in [0.1, 0.15) is 30.5 Å². The standard InChI is InChI=1S/C24H32N4O3/c1-6-19-12-7-8-13-20(19)26-22(30)15-28(5)18(4)24(31)25-14-21(29)27-23-16(2)10-9-11-17(23)3/h7-13,18H,6,14-15H2,1-5H3,(H,25,31)(H,26,30)(H,27,29)/t18-/m0/s1. The lowest BCUT2D eigenvalue weighted by molar-refractivity contribution is -0.128.